The molecule has 0 aromatic rings. The molecule has 0 rings (SSSR count). The second-order valence-electron chi connectivity index (χ2n) is 19.1. The van der Waals surface area contributed by atoms with E-state index in [9.17, 15) is 19.8 Å². The molecule has 64 heavy (non-hydrogen) atoms. The molecule has 3 atom stereocenters. The van der Waals surface area contributed by atoms with Crippen molar-refractivity contribution in [2.45, 2.75) is 302 Å². The molecule has 0 aliphatic heterocycles. The lowest BCUT2D eigenvalue weighted by Crippen LogP contribution is -2.46. The van der Waals surface area contributed by atoms with E-state index in [1.165, 1.54) is 173 Å². The maximum absolute atomic E-state index is 13.2. The third-order valence-electron chi connectivity index (χ3n) is 12.8. The fourth-order valence-electron chi connectivity index (χ4n) is 8.56. The van der Waals surface area contributed by atoms with Crippen LogP contribution in [0.15, 0.2) is 48.6 Å². The van der Waals surface area contributed by atoms with E-state index >= 15 is 0 Å². The standard InChI is InChI=1S/C58H107NO5/c1-4-7-10-13-16-19-22-25-27-28-30-33-35-38-41-44-47-50-56(61)55(53-60)59-57(62)52-54(49-46-43-40-37-34-32-29-26-23-20-17-14-11-8-5-2)64-58(63)51-48-45-42-39-36-31-24-21-18-15-12-9-6-3/h9,12,15,18,21,24,31,36,54-56,60-61H,4-8,10-11,13-14,16-17,19-20,22-23,25-30,32-35,37-53H2,1-3H3,(H,59,62)/b12-9+,18-15+,24-21-,36-31-. The largest absolute Gasteiger partial charge is 0.462 e. The number of ether oxygens (including phenoxy) is 1. The lowest BCUT2D eigenvalue weighted by Gasteiger charge is -2.24. The minimum atomic E-state index is -0.794. The number of allylic oxidation sites excluding steroid dienone is 8. The van der Waals surface area contributed by atoms with Gasteiger partial charge in [-0.05, 0) is 44.9 Å². The summed E-state index contributed by atoms with van der Waals surface area (Å²) < 4.78 is 5.93. The molecule has 0 spiro atoms. The minimum absolute atomic E-state index is 0.0646. The molecule has 0 saturated heterocycles. The maximum Gasteiger partial charge on any atom is 0.306 e. The van der Waals surface area contributed by atoms with Gasteiger partial charge in [0.15, 0.2) is 0 Å². The Morgan fingerprint density at radius 3 is 1.27 bits per heavy atom. The smallest absolute Gasteiger partial charge is 0.306 e. The van der Waals surface area contributed by atoms with Crippen molar-refractivity contribution in [2.75, 3.05) is 6.61 Å². The average Bonchev–Trinajstić information content (AvgIpc) is 3.29. The first-order chi connectivity index (χ1) is 31.5. The van der Waals surface area contributed by atoms with Gasteiger partial charge in [0.25, 0.3) is 0 Å². The lowest BCUT2D eigenvalue weighted by atomic mass is 10.0. The Morgan fingerprint density at radius 2 is 0.844 bits per heavy atom. The summed E-state index contributed by atoms with van der Waals surface area (Å²) in [6.45, 7) is 6.37. The molecule has 374 valence electrons. The van der Waals surface area contributed by atoms with Gasteiger partial charge in [-0.2, -0.15) is 0 Å². The number of esters is 1. The molecule has 0 bridgehead atoms. The van der Waals surface area contributed by atoms with Crippen molar-refractivity contribution in [1.29, 1.82) is 0 Å². The summed E-state index contributed by atoms with van der Waals surface area (Å²) in [4.78, 5) is 26.2. The zero-order chi connectivity index (χ0) is 46.7. The fourth-order valence-corrected chi connectivity index (χ4v) is 8.56. The Morgan fingerprint density at radius 1 is 0.469 bits per heavy atom. The average molecular weight is 898 g/mol. The van der Waals surface area contributed by atoms with Crippen LogP contribution in [0.1, 0.15) is 284 Å². The van der Waals surface area contributed by atoms with Crippen LogP contribution < -0.4 is 5.32 Å². The molecule has 1 amide bonds. The monoisotopic (exact) mass is 898 g/mol. The van der Waals surface area contributed by atoms with Gasteiger partial charge in [-0.25, -0.2) is 0 Å². The predicted octanol–water partition coefficient (Wildman–Crippen LogP) is 17.0. The van der Waals surface area contributed by atoms with Crippen molar-refractivity contribution >= 4 is 11.9 Å². The van der Waals surface area contributed by atoms with Crippen LogP contribution in [-0.4, -0.2) is 46.9 Å². The summed E-state index contributed by atoms with van der Waals surface area (Å²) in [5, 5.41) is 23.9. The Hall–Kier alpha value is -2.18. The van der Waals surface area contributed by atoms with E-state index in [2.05, 4.69) is 50.4 Å². The molecule has 0 aromatic heterocycles. The Labute approximate surface area is 397 Å². The zero-order valence-corrected chi connectivity index (χ0v) is 42.7. The number of carbonyl (C=O) groups excluding carboxylic acids is 2. The number of unbranched alkanes of at least 4 members (excludes halogenated alkanes) is 33. The second-order valence-corrected chi connectivity index (χ2v) is 19.1. The van der Waals surface area contributed by atoms with Gasteiger partial charge in [0.05, 0.1) is 25.2 Å². The van der Waals surface area contributed by atoms with Crippen molar-refractivity contribution in [3.63, 3.8) is 0 Å². The molecule has 0 aliphatic carbocycles. The van der Waals surface area contributed by atoms with Gasteiger partial charge >= 0.3 is 5.97 Å². The van der Waals surface area contributed by atoms with E-state index in [1.807, 2.05) is 24.3 Å². The number of nitrogens with one attached hydrogen (secondary N) is 1. The highest BCUT2D eigenvalue weighted by Crippen LogP contribution is 2.19. The summed E-state index contributed by atoms with van der Waals surface area (Å²) in [6.07, 6.45) is 63.2. The molecule has 0 aromatic carbocycles. The number of hydrogen-bond donors (Lipinski definition) is 3. The molecule has 0 heterocycles. The molecule has 6 nitrogen and oxygen atoms in total. The molecule has 3 N–H and O–H groups in total. The number of rotatable bonds is 50. The molecular formula is C58H107NO5. The SMILES string of the molecule is CC/C=C/C=C/C=C\C=C/CCCCCC(=O)OC(CCCCCCCCCCCCCCCCC)CC(=O)NC(CO)C(O)CCCCCCCCCCCCCCCCCCC. The van der Waals surface area contributed by atoms with Crippen molar-refractivity contribution in [1.82, 2.24) is 5.32 Å². The third kappa shape index (κ3) is 46.4. The zero-order valence-electron chi connectivity index (χ0n) is 42.7. The summed E-state index contributed by atoms with van der Waals surface area (Å²) in [5.74, 6) is -0.508. The third-order valence-corrected chi connectivity index (χ3v) is 12.8. The fraction of sp³-hybridized carbons (Fsp3) is 0.828. The highest BCUT2D eigenvalue weighted by molar-refractivity contribution is 5.77. The highest BCUT2D eigenvalue weighted by atomic mass is 16.5. The van der Waals surface area contributed by atoms with Crippen molar-refractivity contribution in [2.24, 2.45) is 0 Å². The molecular weight excluding hydrogens is 791 g/mol. The first-order valence-corrected chi connectivity index (χ1v) is 27.9. The quantitative estimate of drug-likeness (QED) is 0.0321. The van der Waals surface area contributed by atoms with Gasteiger partial charge in [-0.15, -0.1) is 0 Å². The van der Waals surface area contributed by atoms with E-state index in [0.717, 1.165) is 64.2 Å². The van der Waals surface area contributed by atoms with Gasteiger partial charge in [0.1, 0.15) is 6.10 Å². The molecule has 6 heteroatoms. The topological polar surface area (TPSA) is 95.9 Å². The van der Waals surface area contributed by atoms with Gasteiger partial charge in [0.2, 0.25) is 5.91 Å². The number of aliphatic hydroxyl groups is 2. The first-order valence-electron chi connectivity index (χ1n) is 27.9. The van der Waals surface area contributed by atoms with Gasteiger partial charge < -0.3 is 20.3 Å². The van der Waals surface area contributed by atoms with Crippen LogP contribution in [0.25, 0.3) is 0 Å². The van der Waals surface area contributed by atoms with Gasteiger partial charge in [0, 0.05) is 6.42 Å². The van der Waals surface area contributed by atoms with E-state index in [4.69, 9.17) is 4.74 Å². The number of carbonyl (C=O) groups is 2. The molecule has 0 radical (unpaired) electrons. The van der Waals surface area contributed by atoms with Crippen LogP contribution in [0.2, 0.25) is 0 Å². The predicted molar refractivity (Wildman–Crippen MR) is 278 cm³/mol. The molecule has 0 saturated carbocycles. The Bertz CT molecular complexity index is 1100. The number of hydrogen-bond acceptors (Lipinski definition) is 5. The summed E-state index contributed by atoms with van der Waals surface area (Å²) in [5.41, 5.74) is 0. The van der Waals surface area contributed by atoms with Crippen molar-refractivity contribution < 1.29 is 24.5 Å². The van der Waals surface area contributed by atoms with Crippen LogP contribution in [0.4, 0.5) is 0 Å². The summed E-state index contributed by atoms with van der Waals surface area (Å²) in [6, 6.07) is -0.709. The van der Waals surface area contributed by atoms with Crippen LogP contribution >= 0.6 is 0 Å². The van der Waals surface area contributed by atoms with Crippen molar-refractivity contribution in [3.05, 3.63) is 48.6 Å². The second kappa shape index (κ2) is 51.8. The molecule has 0 fully saturated rings. The van der Waals surface area contributed by atoms with E-state index in [-0.39, 0.29) is 24.9 Å². The van der Waals surface area contributed by atoms with Gasteiger partial charge in [-0.3, -0.25) is 9.59 Å². The Kier molecular flexibility index (Phi) is 50.0. The van der Waals surface area contributed by atoms with E-state index in [0.29, 0.717) is 19.3 Å². The minimum Gasteiger partial charge on any atom is -0.462 e. The number of aliphatic hydroxyl groups excluding tert-OH is 2. The van der Waals surface area contributed by atoms with E-state index in [1.54, 1.807) is 0 Å². The molecule has 3 unspecified atom stereocenters. The van der Waals surface area contributed by atoms with E-state index < -0.39 is 18.2 Å². The van der Waals surface area contributed by atoms with Gasteiger partial charge in [-0.1, -0.05) is 275 Å². The summed E-state index contributed by atoms with van der Waals surface area (Å²) >= 11 is 0. The van der Waals surface area contributed by atoms with Crippen LogP contribution in [-0.2, 0) is 14.3 Å². The first kappa shape index (κ1) is 61.8. The summed E-state index contributed by atoms with van der Waals surface area (Å²) in [7, 11) is 0. The van der Waals surface area contributed by atoms with Crippen molar-refractivity contribution in [3.8, 4) is 0 Å². The number of amides is 1. The van der Waals surface area contributed by atoms with Crippen LogP contribution in [0.3, 0.4) is 0 Å². The Balaban J connectivity index is 4.55. The highest BCUT2D eigenvalue weighted by Gasteiger charge is 2.24. The molecule has 0 aliphatic rings. The lowest BCUT2D eigenvalue weighted by molar-refractivity contribution is -0.151. The normalized spacial score (nSPS) is 13.5. The maximum atomic E-state index is 13.2. The van der Waals surface area contributed by atoms with Crippen LogP contribution in [0, 0.1) is 0 Å². The van der Waals surface area contributed by atoms with Crippen LogP contribution in [0.5, 0.6) is 0 Å².